The fourth-order valence-corrected chi connectivity index (χ4v) is 1.73. The van der Waals surface area contributed by atoms with Crippen molar-refractivity contribution in [3.63, 3.8) is 0 Å². The summed E-state index contributed by atoms with van der Waals surface area (Å²) in [6.45, 7) is 4.06. The maximum absolute atomic E-state index is 5.26. The van der Waals surface area contributed by atoms with Gasteiger partial charge in [0, 0.05) is 4.47 Å². The maximum Gasteiger partial charge on any atom is 0.163 e. The van der Waals surface area contributed by atoms with E-state index in [-0.39, 0.29) is 0 Å². The number of ether oxygens (including phenoxy) is 2. The summed E-state index contributed by atoms with van der Waals surface area (Å²) in [5.41, 5.74) is 2.28. The summed E-state index contributed by atoms with van der Waals surface area (Å²) in [5, 5.41) is 0. The van der Waals surface area contributed by atoms with Gasteiger partial charge in [-0.2, -0.15) is 0 Å². The lowest BCUT2D eigenvalue weighted by Gasteiger charge is -2.13. The highest BCUT2D eigenvalue weighted by Crippen LogP contribution is 2.36. The number of methoxy groups -OCH3 is 2. The lowest BCUT2D eigenvalue weighted by Crippen LogP contribution is -1.95. The van der Waals surface area contributed by atoms with Crippen LogP contribution < -0.4 is 9.47 Å². The molecule has 0 unspecified atom stereocenters. The summed E-state index contributed by atoms with van der Waals surface area (Å²) in [4.78, 5) is 0. The first-order valence-electron chi connectivity index (χ1n) is 3.99. The summed E-state index contributed by atoms with van der Waals surface area (Å²) in [7, 11) is 3.29. The van der Waals surface area contributed by atoms with Crippen molar-refractivity contribution in [2.75, 3.05) is 14.2 Å². The minimum Gasteiger partial charge on any atom is -0.493 e. The maximum atomic E-state index is 5.26. The van der Waals surface area contributed by atoms with Crippen molar-refractivity contribution in [2.45, 2.75) is 13.8 Å². The molecule has 0 atom stereocenters. The van der Waals surface area contributed by atoms with Crippen LogP contribution in [0.2, 0.25) is 0 Å². The molecule has 0 saturated heterocycles. The van der Waals surface area contributed by atoms with Crippen molar-refractivity contribution in [1.29, 1.82) is 0 Å². The molecule has 1 rings (SSSR count). The molecule has 3 heteroatoms. The van der Waals surface area contributed by atoms with E-state index < -0.39 is 0 Å². The minimum absolute atomic E-state index is 0.762. The number of rotatable bonds is 2. The van der Waals surface area contributed by atoms with Gasteiger partial charge in [0.15, 0.2) is 11.5 Å². The zero-order valence-electron chi connectivity index (χ0n) is 8.27. The number of hydrogen-bond donors (Lipinski definition) is 0. The Morgan fingerprint density at radius 3 is 2.15 bits per heavy atom. The van der Waals surface area contributed by atoms with Gasteiger partial charge in [0.2, 0.25) is 0 Å². The Balaban J connectivity index is 3.39. The Morgan fingerprint density at radius 1 is 1.08 bits per heavy atom. The van der Waals surface area contributed by atoms with Gasteiger partial charge in [-0.15, -0.1) is 0 Å². The van der Waals surface area contributed by atoms with E-state index in [1.807, 2.05) is 19.9 Å². The molecule has 72 valence electrons. The number of benzene rings is 1. The van der Waals surface area contributed by atoms with Gasteiger partial charge in [-0.3, -0.25) is 0 Å². The summed E-state index contributed by atoms with van der Waals surface area (Å²) in [6.07, 6.45) is 0. The van der Waals surface area contributed by atoms with Gasteiger partial charge < -0.3 is 9.47 Å². The van der Waals surface area contributed by atoms with E-state index in [0.29, 0.717) is 0 Å². The monoisotopic (exact) mass is 244 g/mol. The average Bonchev–Trinajstić information content (AvgIpc) is 2.13. The first kappa shape index (κ1) is 10.4. The fraction of sp³-hybridized carbons (Fsp3) is 0.400. The van der Waals surface area contributed by atoms with Crippen LogP contribution >= 0.6 is 15.9 Å². The Labute approximate surface area is 87.0 Å². The molecule has 0 amide bonds. The van der Waals surface area contributed by atoms with Crippen LogP contribution in [0.4, 0.5) is 0 Å². The van der Waals surface area contributed by atoms with E-state index in [1.165, 1.54) is 5.56 Å². The SMILES string of the molecule is COc1cc(Br)c(C)c(C)c1OC. The predicted octanol–water partition coefficient (Wildman–Crippen LogP) is 3.08. The van der Waals surface area contributed by atoms with Gasteiger partial charge in [0.05, 0.1) is 14.2 Å². The summed E-state index contributed by atoms with van der Waals surface area (Å²) in [6, 6.07) is 1.92. The molecule has 0 radical (unpaired) electrons. The van der Waals surface area contributed by atoms with Gasteiger partial charge >= 0.3 is 0 Å². The molecule has 0 aliphatic carbocycles. The number of hydrogen-bond acceptors (Lipinski definition) is 2. The third-order valence-electron chi connectivity index (χ3n) is 2.17. The highest BCUT2D eigenvalue weighted by molar-refractivity contribution is 9.10. The van der Waals surface area contributed by atoms with E-state index in [0.717, 1.165) is 21.5 Å². The Morgan fingerprint density at radius 2 is 1.69 bits per heavy atom. The Hall–Kier alpha value is -0.700. The zero-order valence-corrected chi connectivity index (χ0v) is 9.86. The quantitative estimate of drug-likeness (QED) is 0.797. The van der Waals surface area contributed by atoms with Gasteiger partial charge in [-0.05, 0) is 31.0 Å². The second-order valence-corrected chi connectivity index (χ2v) is 3.70. The van der Waals surface area contributed by atoms with Crippen molar-refractivity contribution >= 4 is 15.9 Å². The largest absolute Gasteiger partial charge is 0.493 e. The van der Waals surface area contributed by atoms with Gasteiger partial charge in [0.25, 0.3) is 0 Å². The van der Waals surface area contributed by atoms with Gasteiger partial charge in [-0.25, -0.2) is 0 Å². The minimum atomic E-state index is 0.762. The lowest BCUT2D eigenvalue weighted by atomic mass is 10.1. The molecule has 1 aromatic rings. The molecule has 0 bridgehead atoms. The second-order valence-electron chi connectivity index (χ2n) is 2.84. The van der Waals surface area contributed by atoms with E-state index in [4.69, 9.17) is 9.47 Å². The van der Waals surface area contributed by atoms with Crippen LogP contribution in [0.15, 0.2) is 10.5 Å². The van der Waals surface area contributed by atoms with Gasteiger partial charge in [-0.1, -0.05) is 15.9 Å². The molecule has 13 heavy (non-hydrogen) atoms. The highest BCUT2D eigenvalue weighted by atomic mass is 79.9. The molecule has 0 fully saturated rings. The zero-order chi connectivity index (χ0) is 10.0. The lowest BCUT2D eigenvalue weighted by molar-refractivity contribution is 0.352. The molecule has 0 aliphatic heterocycles. The first-order chi connectivity index (χ1) is 6.11. The van der Waals surface area contributed by atoms with Gasteiger partial charge in [0.1, 0.15) is 0 Å². The van der Waals surface area contributed by atoms with E-state index in [1.54, 1.807) is 14.2 Å². The molecule has 0 spiro atoms. The fourth-order valence-electron chi connectivity index (χ4n) is 1.23. The van der Waals surface area contributed by atoms with Crippen LogP contribution in [0.5, 0.6) is 11.5 Å². The first-order valence-corrected chi connectivity index (χ1v) is 4.78. The third kappa shape index (κ3) is 1.80. The molecular weight excluding hydrogens is 232 g/mol. The summed E-state index contributed by atoms with van der Waals surface area (Å²) in [5.74, 6) is 1.57. The van der Waals surface area contributed by atoms with Crippen molar-refractivity contribution < 1.29 is 9.47 Å². The van der Waals surface area contributed by atoms with Crippen LogP contribution in [0.3, 0.4) is 0 Å². The molecule has 0 heterocycles. The van der Waals surface area contributed by atoms with Crippen molar-refractivity contribution in [1.82, 2.24) is 0 Å². The Kier molecular flexibility index (Phi) is 3.20. The summed E-state index contributed by atoms with van der Waals surface area (Å²) >= 11 is 3.47. The molecule has 0 N–H and O–H groups in total. The van der Waals surface area contributed by atoms with Crippen molar-refractivity contribution in [3.05, 3.63) is 21.7 Å². The van der Waals surface area contributed by atoms with E-state index in [2.05, 4.69) is 15.9 Å². The molecular formula is C10H13BrO2. The smallest absolute Gasteiger partial charge is 0.163 e. The van der Waals surface area contributed by atoms with Crippen LogP contribution in [0, 0.1) is 13.8 Å². The average molecular weight is 245 g/mol. The molecule has 1 aromatic carbocycles. The molecule has 0 aliphatic rings. The van der Waals surface area contributed by atoms with Crippen LogP contribution in [-0.2, 0) is 0 Å². The predicted molar refractivity (Wildman–Crippen MR) is 56.7 cm³/mol. The Bertz CT molecular complexity index is 321. The standard InChI is InChI=1S/C10H13BrO2/c1-6-7(2)10(13-4)9(12-3)5-8(6)11/h5H,1-4H3. The van der Waals surface area contributed by atoms with Crippen molar-refractivity contribution in [3.8, 4) is 11.5 Å². The van der Waals surface area contributed by atoms with Crippen molar-refractivity contribution in [2.24, 2.45) is 0 Å². The van der Waals surface area contributed by atoms with E-state index in [9.17, 15) is 0 Å². The molecule has 0 saturated carbocycles. The molecule has 2 nitrogen and oxygen atoms in total. The van der Waals surface area contributed by atoms with E-state index >= 15 is 0 Å². The summed E-state index contributed by atoms with van der Waals surface area (Å²) < 4.78 is 11.5. The third-order valence-corrected chi connectivity index (χ3v) is 2.99. The van der Waals surface area contributed by atoms with Crippen LogP contribution in [-0.4, -0.2) is 14.2 Å². The normalized spacial score (nSPS) is 9.92. The highest BCUT2D eigenvalue weighted by Gasteiger charge is 2.11. The topological polar surface area (TPSA) is 18.5 Å². The van der Waals surface area contributed by atoms with Crippen LogP contribution in [0.1, 0.15) is 11.1 Å². The second kappa shape index (κ2) is 4.01. The van der Waals surface area contributed by atoms with Crippen LogP contribution in [0.25, 0.3) is 0 Å². The number of halogens is 1. The molecule has 0 aromatic heterocycles.